The van der Waals surface area contributed by atoms with E-state index in [0.29, 0.717) is 19.3 Å². The number of ether oxygens (including phenoxy) is 3. The van der Waals surface area contributed by atoms with Crippen molar-refractivity contribution in [3.8, 4) is 0 Å². The molecule has 0 aromatic carbocycles. The summed E-state index contributed by atoms with van der Waals surface area (Å²) in [5.41, 5.74) is 0. The lowest BCUT2D eigenvalue weighted by Gasteiger charge is -2.18. The summed E-state index contributed by atoms with van der Waals surface area (Å²) in [6.07, 6.45) is 86.0. The Balaban J connectivity index is 4.32. The number of unbranched alkanes of at least 4 members (excludes halogenated alkanes) is 35. The molecule has 0 heterocycles. The molecule has 0 fully saturated rings. The maximum atomic E-state index is 12.9. The van der Waals surface area contributed by atoms with Gasteiger partial charge < -0.3 is 14.2 Å². The van der Waals surface area contributed by atoms with Crippen molar-refractivity contribution in [2.45, 2.75) is 335 Å². The molecule has 0 radical (unpaired) electrons. The second kappa shape index (κ2) is 65.1. The number of rotatable bonds is 60. The maximum absolute atomic E-state index is 12.9. The largest absolute Gasteiger partial charge is 0.462 e. The summed E-state index contributed by atoms with van der Waals surface area (Å²) < 4.78 is 16.9. The van der Waals surface area contributed by atoms with Gasteiger partial charge in [0.1, 0.15) is 13.2 Å². The van der Waals surface area contributed by atoms with E-state index in [4.69, 9.17) is 14.2 Å². The molecular formula is C71H124O6. The molecule has 1 unspecified atom stereocenters. The van der Waals surface area contributed by atoms with E-state index in [1.165, 1.54) is 154 Å². The molecule has 77 heavy (non-hydrogen) atoms. The van der Waals surface area contributed by atoms with Crippen LogP contribution in [-0.4, -0.2) is 37.2 Å². The summed E-state index contributed by atoms with van der Waals surface area (Å²) in [4.78, 5) is 38.4. The topological polar surface area (TPSA) is 78.9 Å². The van der Waals surface area contributed by atoms with Crippen LogP contribution < -0.4 is 0 Å². The molecule has 0 aromatic rings. The minimum Gasteiger partial charge on any atom is -0.462 e. The number of carbonyl (C=O) groups is 3. The molecule has 0 aromatic heterocycles. The minimum absolute atomic E-state index is 0.0857. The van der Waals surface area contributed by atoms with Gasteiger partial charge >= 0.3 is 17.9 Å². The van der Waals surface area contributed by atoms with E-state index >= 15 is 0 Å². The molecule has 0 amide bonds. The van der Waals surface area contributed by atoms with Gasteiger partial charge in [-0.05, 0) is 89.9 Å². The lowest BCUT2D eigenvalue weighted by Crippen LogP contribution is -2.30. The number of allylic oxidation sites excluding steroid dienone is 14. The van der Waals surface area contributed by atoms with E-state index in [0.717, 1.165) is 135 Å². The zero-order chi connectivity index (χ0) is 55.7. The molecule has 1 atom stereocenters. The van der Waals surface area contributed by atoms with Crippen LogP contribution in [0.4, 0.5) is 0 Å². The predicted octanol–water partition coefficient (Wildman–Crippen LogP) is 22.7. The molecule has 444 valence electrons. The van der Waals surface area contributed by atoms with Gasteiger partial charge in [-0.3, -0.25) is 14.4 Å². The summed E-state index contributed by atoms with van der Waals surface area (Å²) in [7, 11) is 0. The molecule has 0 saturated heterocycles. The van der Waals surface area contributed by atoms with Gasteiger partial charge in [0.2, 0.25) is 0 Å². The standard InChI is InChI=1S/C71H124O6/c1-4-7-10-13-16-19-22-25-28-30-32-33-34-35-36-37-39-40-43-46-49-52-55-58-61-64-70(73)76-67-68(66-75-69(72)63-60-57-54-51-48-45-42-27-24-21-18-15-12-9-6-3)77-71(74)65-62-59-56-53-50-47-44-41-38-31-29-26-23-20-17-14-11-8-5-2/h8-9,11-12,17-18,20-21,26-27,29,38,41-42,68H,4-7,10,13-16,19,22-25,28,30-37,39-40,43-67H2,1-3H3/b11-8-,12-9-,20-17-,21-18-,29-26-,41-38-,42-27-. The summed E-state index contributed by atoms with van der Waals surface area (Å²) in [5.74, 6) is -0.903. The SMILES string of the molecule is CC/C=C\C/C=C\C/C=C\C/C=C\CCCCCCCCC(=O)OC(COC(=O)CCCCCCC/C=C\C/C=C\C/C=C\CC)COC(=O)CCCCCCCCCCCCCCCCCCCCCCCCCCC. The molecule has 6 heteroatoms. The van der Waals surface area contributed by atoms with Crippen LogP contribution in [0.5, 0.6) is 0 Å². The van der Waals surface area contributed by atoms with Crippen LogP contribution in [0.25, 0.3) is 0 Å². The van der Waals surface area contributed by atoms with Gasteiger partial charge in [-0.15, -0.1) is 0 Å². The van der Waals surface area contributed by atoms with Crippen molar-refractivity contribution in [3.63, 3.8) is 0 Å². The molecule has 0 N–H and O–H groups in total. The van der Waals surface area contributed by atoms with Gasteiger partial charge in [0.25, 0.3) is 0 Å². The van der Waals surface area contributed by atoms with Crippen molar-refractivity contribution in [2.24, 2.45) is 0 Å². The Kier molecular flexibility index (Phi) is 62.2. The third kappa shape index (κ3) is 63.3. The first kappa shape index (κ1) is 73.6. The summed E-state index contributed by atoms with van der Waals surface area (Å²) >= 11 is 0. The second-order valence-electron chi connectivity index (χ2n) is 22.0. The van der Waals surface area contributed by atoms with Gasteiger partial charge in [-0.1, -0.05) is 305 Å². The van der Waals surface area contributed by atoms with E-state index in [1.54, 1.807) is 0 Å². The highest BCUT2D eigenvalue weighted by molar-refractivity contribution is 5.71. The van der Waals surface area contributed by atoms with Crippen molar-refractivity contribution in [2.75, 3.05) is 13.2 Å². The average Bonchev–Trinajstić information content (AvgIpc) is 3.43. The minimum atomic E-state index is -0.792. The van der Waals surface area contributed by atoms with Crippen molar-refractivity contribution < 1.29 is 28.6 Å². The Morgan fingerprint density at radius 2 is 0.506 bits per heavy atom. The molecule has 0 aliphatic heterocycles. The van der Waals surface area contributed by atoms with Gasteiger partial charge in [-0.25, -0.2) is 0 Å². The quantitative estimate of drug-likeness (QED) is 0.0261. The maximum Gasteiger partial charge on any atom is 0.306 e. The molecule has 0 spiro atoms. The molecule has 0 aliphatic rings. The normalized spacial score (nSPS) is 12.6. The van der Waals surface area contributed by atoms with Crippen LogP contribution in [0.2, 0.25) is 0 Å². The molecule has 0 aliphatic carbocycles. The number of hydrogen-bond donors (Lipinski definition) is 0. The van der Waals surface area contributed by atoms with E-state index in [9.17, 15) is 14.4 Å². The van der Waals surface area contributed by atoms with Crippen LogP contribution in [0.15, 0.2) is 85.1 Å². The van der Waals surface area contributed by atoms with Crippen LogP contribution in [-0.2, 0) is 28.6 Å². The van der Waals surface area contributed by atoms with E-state index in [2.05, 4.69) is 106 Å². The second-order valence-corrected chi connectivity index (χ2v) is 22.0. The molecule has 6 nitrogen and oxygen atoms in total. The van der Waals surface area contributed by atoms with Gasteiger partial charge in [0, 0.05) is 19.3 Å². The first-order valence-corrected chi connectivity index (χ1v) is 33.1. The lowest BCUT2D eigenvalue weighted by atomic mass is 10.0. The highest BCUT2D eigenvalue weighted by Crippen LogP contribution is 2.17. The van der Waals surface area contributed by atoms with Crippen molar-refractivity contribution in [3.05, 3.63) is 85.1 Å². The first-order chi connectivity index (χ1) is 38.0. The average molecular weight is 1070 g/mol. The van der Waals surface area contributed by atoms with Crippen LogP contribution in [0.1, 0.15) is 329 Å². The van der Waals surface area contributed by atoms with Crippen molar-refractivity contribution >= 4 is 17.9 Å². The molecule has 0 rings (SSSR count). The summed E-state index contributed by atoms with van der Waals surface area (Å²) in [6.45, 7) is 6.43. The Hall–Kier alpha value is -3.41. The molecule has 0 saturated carbocycles. The number of carbonyl (C=O) groups excluding carboxylic acids is 3. The fraction of sp³-hybridized carbons (Fsp3) is 0.761. The van der Waals surface area contributed by atoms with Crippen molar-refractivity contribution in [1.29, 1.82) is 0 Å². The third-order valence-corrected chi connectivity index (χ3v) is 14.4. The number of esters is 3. The predicted molar refractivity (Wildman–Crippen MR) is 334 cm³/mol. The zero-order valence-electron chi connectivity index (χ0n) is 51.0. The summed E-state index contributed by atoms with van der Waals surface area (Å²) in [5, 5.41) is 0. The monoisotopic (exact) mass is 1070 g/mol. The Morgan fingerprint density at radius 3 is 0.792 bits per heavy atom. The van der Waals surface area contributed by atoms with Gasteiger partial charge in [-0.2, -0.15) is 0 Å². The highest BCUT2D eigenvalue weighted by atomic mass is 16.6. The van der Waals surface area contributed by atoms with Crippen molar-refractivity contribution in [1.82, 2.24) is 0 Å². The smallest absolute Gasteiger partial charge is 0.306 e. The van der Waals surface area contributed by atoms with Crippen LogP contribution >= 0.6 is 0 Å². The first-order valence-electron chi connectivity index (χ1n) is 33.1. The van der Waals surface area contributed by atoms with E-state index in [-0.39, 0.29) is 31.1 Å². The number of hydrogen-bond acceptors (Lipinski definition) is 6. The third-order valence-electron chi connectivity index (χ3n) is 14.4. The fourth-order valence-corrected chi connectivity index (χ4v) is 9.51. The highest BCUT2D eigenvalue weighted by Gasteiger charge is 2.19. The zero-order valence-corrected chi connectivity index (χ0v) is 51.0. The summed E-state index contributed by atoms with van der Waals surface area (Å²) in [6, 6.07) is 0. The fourth-order valence-electron chi connectivity index (χ4n) is 9.51. The Labute approximate surface area is 477 Å². The van der Waals surface area contributed by atoms with E-state index < -0.39 is 6.10 Å². The Bertz CT molecular complexity index is 1470. The van der Waals surface area contributed by atoms with Gasteiger partial charge in [0.05, 0.1) is 0 Å². The van der Waals surface area contributed by atoms with Crippen LogP contribution in [0.3, 0.4) is 0 Å². The lowest BCUT2D eigenvalue weighted by molar-refractivity contribution is -0.167. The Morgan fingerprint density at radius 1 is 0.273 bits per heavy atom. The molecular weight excluding hydrogens is 949 g/mol. The van der Waals surface area contributed by atoms with E-state index in [1.807, 2.05) is 0 Å². The van der Waals surface area contributed by atoms with Gasteiger partial charge in [0.15, 0.2) is 6.10 Å². The molecule has 0 bridgehead atoms. The van der Waals surface area contributed by atoms with Crippen LogP contribution in [0, 0.1) is 0 Å².